The Morgan fingerprint density at radius 3 is 2.91 bits per heavy atom. The van der Waals surface area contributed by atoms with Gasteiger partial charge in [-0.05, 0) is 18.9 Å². The smallest absolute Gasteiger partial charge is 0.226 e. The van der Waals surface area contributed by atoms with Gasteiger partial charge >= 0.3 is 0 Å². The van der Waals surface area contributed by atoms with Gasteiger partial charge in [0.25, 0.3) is 0 Å². The maximum atomic E-state index is 12.3. The van der Waals surface area contributed by atoms with Crippen molar-refractivity contribution in [3.63, 3.8) is 0 Å². The highest BCUT2D eigenvalue weighted by Gasteiger charge is 2.30. The molecule has 118 valence electrons. The molecule has 2 aromatic rings. The van der Waals surface area contributed by atoms with Gasteiger partial charge in [-0.3, -0.25) is 4.79 Å². The van der Waals surface area contributed by atoms with E-state index in [1.54, 1.807) is 19.6 Å². The average molecular weight is 367 g/mol. The molecular formula is C16H19BrN2O3. The van der Waals surface area contributed by atoms with E-state index in [0.29, 0.717) is 11.5 Å². The fourth-order valence-electron chi connectivity index (χ4n) is 2.65. The molecule has 1 aliphatic carbocycles. The van der Waals surface area contributed by atoms with Crippen molar-refractivity contribution in [2.75, 3.05) is 7.11 Å². The third kappa shape index (κ3) is 2.84. The number of carbonyl (C=O) groups excluding carboxylic acids is 1. The van der Waals surface area contributed by atoms with Gasteiger partial charge in [0.1, 0.15) is 5.75 Å². The summed E-state index contributed by atoms with van der Waals surface area (Å²) in [5.41, 5.74) is 1.46. The summed E-state index contributed by atoms with van der Waals surface area (Å²) in [5.74, 6) is 0.939. The SMILES string of the molecule is COc1cnc2occ(C(NC(=O)C3CCC3)C(C)Br)c2c1. The number of halogens is 1. The van der Waals surface area contributed by atoms with Gasteiger partial charge < -0.3 is 14.5 Å². The Hall–Kier alpha value is -1.56. The molecule has 5 nitrogen and oxygen atoms in total. The van der Waals surface area contributed by atoms with E-state index >= 15 is 0 Å². The first-order chi connectivity index (χ1) is 10.6. The van der Waals surface area contributed by atoms with Crippen LogP contribution in [0, 0.1) is 5.92 Å². The lowest BCUT2D eigenvalue weighted by atomic mass is 9.84. The number of rotatable bonds is 5. The molecule has 0 spiro atoms. The van der Waals surface area contributed by atoms with Gasteiger partial charge in [0.15, 0.2) is 0 Å². The number of carbonyl (C=O) groups is 1. The molecule has 22 heavy (non-hydrogen) atoms. The van der Waals surface area contributed by atoms with Crippen LogP contribution in [0.15, 0.2) is 22.9 Å². The predicted octanol–water partition coefficient (Wildman–Crippen LogP) is 3.58. The number of hydrogen-bond donors (Lipinski definition) is 1. The minimum atomic E-state index is -0.164. The minimum absolute atomic E-state index is 0.0727. The van der Waals surface area contributed by atoms with E-state index in [1.165, 1.54) is 0 Å². The van der Waals surface area contributed by atoms with E-state index in [0.717, 1.165) is 30.2 Å². The van der Waals surface area contributed by atoms with Crippen molar-refractivity contribution in [1.29, 1.82) is 0 Å². The van der Waals surface area contributed by atoms with Crippen molar-refractivity contribution in [2.45, 2.75) is 37.1 Å². The predicted molar refractivity (Wildman–Crippen MR) is 87.2 cm³/mol. The molecule has 1 aliphatic rings. The van der Waals surface area contributed by atoms with Gasteiger partial charge in [0.2, 0.25) is 11.6 Å². The molecule has 0 aromatic carbocycles. The van der Waals surface area contributed by atoms with Crippen LogP contribution in [0.25, 0.3) is 11.1 Å². The summed E-state index contributed by atoms with van der Waals surface area (Å²) in [6.07, 6.45) is 6.39. The zero-order chi connectivity index (χ0) is 15.7. The Balaban J connectivity index is 1.92. The van der Waals surface area contributed by atoms with Gasteiger partial charge in [0, 0.05) is 21.7 Å². The van der Waals surface area contributed by atoms with Crippen LogP contribution in [0.1, 0.15) is 37.8 Å². The van der Waals surface area contributed by atoms with Gasteiger partial charge in [-0.1, -0.05) is 29.3 Å². The molecule has 2 aromatic heterocycles. The maximum absolute atomic E-state index is 12.3. The number of pyridine rings is 1. The molecule has 2 atom stereocenters. The summed E-state index contributed by atoms with van der Waals surface area (Å²) in [6.45, 7) is 2.01. The van der Waals surface area contributed by atoms with Gasteiger partial charge in [-0.15, -0.1) is 0 Å². The Labute approximate surface area is 137 Å². The number of hydrogen-bond acceptors (Lipinski definition) is 4. The lowest BCUT2D eigenvalue weighted by molar-refractivity contribution is -0.128. The van der Waals surface area contributed by atoms with Gasteiger partial charge in [-0.2, -0.15) is 0 Å². The molecule has 0 saturated heterocycles. The highest BCUT2D eigenvalue weighted by atomic mass is 79.9. The standard InChI is InChI=1S/C16H19BrN2O3/c1-9(17)14(19-15(20)10-4-3-5-10)13-8-22-16-12(13)6-11(21-2)7-18-16/h6-10,14H,3-5H2,1-2H3,(H,19,20). The van der Waals surface area contributed by atoms with Crippen molar-refractivity contribution in [3.8, 4) is 5.75 Å². The van der Waals surface area contributed by atoms with Crippen LogP contribution in [0.3, 0.4) is 0 Å². The molecule has 1 saturated carbocycles. The molecule has 2 heterocycles. The van der Waals surface area contributed by atoms with E-state index in [-0.39, 0.29) is 22.7 Å². The lowest BCUT2D eigenvalue weighted by Crippen LogP contribution is -2.39. The second-order valence-electron chi connectivity index (χ2n) is 5.71. The highest BCUT2D eigenvalue weighted by Crippen LogP contribution is 2.33. The number of ether oxygens (including phenoxy) is 1. The molecule has 0 bridgehead atoms. The number of methoxy groups -OCH3 is 1. The quantitative estimate of drug-likeness (QED) is 0.821. The van der Waals surface area contributed by atoms with Crippen molar-refractivity contribution in [2.24, 2.45) is 5.92 Å². The van der Waals surface area contributed by atoms with Crippen LogP contribution >= 0.6 is 15.9 Å². The number of aromatic nitrogens is 1. The van der Waals surface area contributed by atoms with E-state index in [1.807, 2.05) is 13.0 Å². The minimum Gasteiger partial charge on any atom is -0.495 e. The Morgan fingerprint density at radius 2 is 2.32 bits per heavy atom. The molecule has 0 aliphatic heterocycles. The monoisotopic (exact) mass is 366 g/mol. The van der Waals surface area contributed by atoms with Crippen LogP contribution in [0.4, 0.5) is 0 Å². The number of nitrogens with one attached hydrogen (secondary N) is 1. The van der Waals surface area contributed by atoms with Crippen molar-refractivity contribution in [1.82, 2.24) is 10.3 Å². The van der Waals surface area contributed by atoms with Gasteiger partial charge in [-0.25, -0.2) is 4.98 Å². The summed E-state index contributed by atoms with van der Waals surface area (Å²) in [7, 11) is 1.60. The summed E-state index contributed by atoms with van der Waals surface area (Å²) < 4.78 is 10.8. The fraction of sp³-hybridized carbons (Fsp3) is 0.500. The maximum Gasteiger partial charge on any atom is 0.226 e. The summed E-state index contributed by atoms with van der Waals surface area (Å²) >= 11 is 3.59. The number of alkyl halides is 1. The Kier molecular flexibility index (Phi) is 4.38. The number of nitrogens with zero attached hydrogens (tertiary/aromatic N) is 1. The Morgan fingerprint density at radius 1 is 1.55 bits per heavy atom. The van der Waals surface area contributed by atoms with E-state index < -0.39 is 0 Å². The van der Waals surface area contributed by atoms with Crippen LogP contribution in [-0.2, 0) is 4.79 Å². The second-order valence-corrected chi connectivity index (χ2v) is 7.15. The number of furan rings is 1. The molecule has 2 unspecified atom stereocenters. The molecule has 6 heteroatoms. The first-order valence-corrected chi connectivity index (χ1v) is 8.37. The second kappa shape index (κ2) is 6.28. The summed E-state index contributed by atoms with van der Waals surface area (Å²) in [4.78, 5) is 16.6. The number of fused-ring (bicyclic) bond motifs is 1. The topological polar surface area (TPSA) is 64.4 Å². The van der Waals surface area contributed by atoms with Crippen molar-refractivity contribution < 1.29 is 13.9 Å². The lowest BCUT2D eigenvalue weighted by Gasteiger charge is -2.28. The molecule has 1 fully saturated rings. The van der Waals surface area contributed by atoms with E-state index in [9.17, 15) is 4.79 Å². The molecule has 1 N–H and O–H groups in total. The van der Waals surface area contributed by atoms with E-state index in [2.05, 4.69) is 26.2 Å². The molecule has 3 rings (SSSR count). The average Bonchev–Trinajstić information content (AvgIpc) is 2.85. The normalized spacial score (nSPS) is 17.8. The van der Waals surface area contributed by atoms with Crippen LogP contribution < -0.4 is 10.1 Å². The van der Waals surface area contributed by atoms with Crippen LogP contribution in [-0.4, -0.2) is 22.8 Å². The van der Waals surface area contributed by atoms with Crippen molar-refractivity contribution in [3.05, 3.63) is 24.1 Å². The molecular weight excluding hydrogens is 348 g/mol. The third-order valence-corrected chi connectivity index (χ3v) is 4.77. The summed E-state index contributed by atoms with van der Waals surface area (Å²) in [6, 6.07) is 1.72. The van der Waals surface area contributed by atoms with Crippen molar-refractivity contribution >= 4 is 32.9 Å². The zero-order valence-electron chi connectivity index (χ0n) is 12.6. The largest absolute Gasteiger partial charge is 0.495 e. The first-order valence-electron chi connectivity index (χ1n) is 7.45. The summed E-state index contributed by atoms with van der Waals surface area (Å²) in [5, 5.41) is 4.00. The van der Waals surface area contributed by atoms with Crippen LogP contribution in [0.5, 0.6) is 5.75 Å². The molecule has 1 amide bonds. The third-order valence-electron chi connectivity index (χ3n) is 4.24. The first kappa shape index (κ1) is 15.3. The van der Waals surface area contributed by atoms with E-state index in [4.69, 9.17) is 9.15 Å². The molecule has 0 radical (unpaired) electrons. The highest BCUT2D eigenvalue weighted by molar-refractivity contribution is 9.09. The zero-order valence-corrected chi connectivity index (χ0v) is 14.2. The number of amides is 1. The fourth-order valence-corrected chi connectivity index (χ4v) is 3.07. The Bertz CT molecular complexity index is 679. The van der Waals surface area contributed by atoms with Gasteiger partial charge in [0.05, 0.1) is 25.6 Å². The van der Waals surface area contributed by atoms with Crippen LogP contribution in [0.2, 0.25) is 0 Å².